The molecule has 0 bridgehead atoms. The van der Waals surface area contributed by atoms with Gasteiger partial charge in [0.1, 0.15) is 8.42 Å². The van der Waals surface area contributed by atoms with E-state index >= 15 is 0 Å². The van der Waals surface area contributed by atoms with E-state index in [4.69, 9.17) is 23.2 Å². The number of carbonyl (C=O) groups is 2. The van der Waals surface area contributed by atoms with Gasteiger partial charge in [0.2, 0.25) is 0 Å². The van der Waals surface area contributed by atoms with E-state index < -0.39 is 20.0 Å². The van der Waals surface area contributed by atoms with Crippen LogP contribution in [0.1, 0.15) is 141 Å². The molecule has 2 saturated heterocycles. The molecular weight excluding hydrogens is 968 g/mol. The summed E-state index contributed by atoms with van der Waals surface area (Å²) in [6.45, 7) is 9.19. The lowest BCUT2D eigenvalue weighted by atomic mass is 10.1. The Morgan fingerprint density at radius 1 is 0.537 bits per heavy atom. The topological polar surface area (TPSA) is 157 Å². The molecule has 2 atom stereocenters. The Morgan fingerprint density at radius 3 is 1.36 bits per heavy atom. The lowest BCUT2D eigenvalue weighted by Crippen LogP contribution is -2.34. The highest BCUT2D eigenvalue weighted by molar-refractivity contribution is 7.91. The van der Waals surface area contributed by atoms with Crippen molar-refractivity contribution < 1.29 is 26.4 Å². The van der Waals surface area contributed by atoms with Gasteiger partial charge in [-0.15, -0.1) is 22.7 Å². The molecule has 2 fully saturated rings. The van der Waals surface area contributed by atoms with E-state index in [1.807, 2.05) is 0 Å². The van der Waals surface area contributed by atoms with Crippen molar-refractivity contribution in [1.29, 1.82) is 0 Å². The predicted molar refractivity (Wildman–Crippen MR) is 276 cm³/mol. The third kappa shape index (κ3) is 18.1. The average molecular weight is 1040 g/mol. The Bertz CT molecular complexity index is 2330. The molecule has 2 aliphatic heterocycles. The molecule has 4 heterocycles. The molecule has 0 spiro atoms. The lowest BCUT2D eigenvalue weighted by molar-refractivity contribution is 0.0943. The van der Waals surface area contributed by atoms with Crippen LogP contribution in [0.4, 0.5) is 0 Å². The average Bonchev–Trinajstić information content (AvgIpc) is 3.87. The van der Waals surface area contributed by atoms with Gasteiger partial charge < -0.3 is 21.3 Å². The predicted octanol–water partition coefficient (Wildman–Crippen LogP) is 10.5. The maximum atomic E-state index is 13.3. The van der Waals surface area contributed by atoms with Gasteiger partial charge in [0.05, 0.1) is 13.1 Å². The highest BCUT2D eigenvalue weighted by atomic mass is 35.5. The quantitative estimate of drug-likeness (QED) is 0.0535. The van der Waals surface area contributed by atoms with E-state index in [0.29, 0.717) is 67.9 Å². The number of nitrogens with zero attached hydrogens (tertiary/aromatic N) is 2. The van der Waals surface area contributed by atoms with Crippen LogP contribution in [0.3, 0.4) is 0 Å². The minimum atomic E-state index is -3.52. The molecular formula is C49H70Cl2N6O6S4. The van der Waals surface area contributed by atoms with Crippen LogP contribution in [0, 0.1) is 0 Å². The second kappa shape index (κ2) is 28.7. The van der Waals surface area contributed by atoms with E-state index in [-0.39, 0.29) is 24.9 Å². The highest BCUT2D eigenvalue weighted by Gasteiger charge is 2.30. The Kier molecular flexibility index (Phi) is 23.6. The lowest BCUT2D eigenvalue weighted by Gasteiger charge is -2.19. The molecule has 370 valence electrons. The highest BCUT2D eigenvalue weighted by Crippen LogP contribution is 2.29. The van der Waals surface area contributed by atoms with Crippen molar-refractivity contribution >= 4 is 77.7 Å². The summed E-state index contributed by atoms with van der Waals surface area (Å²) in [6.07, 6.45) is 16.7. The van der Waals surface area contributed by atoms with Crippen molar-refractivity contribution in [2.24, 2.45) is 0 Å². The molecule has 2 amide bonds. The van der Waals surface area contributed by atoms with Crippen molar-refractivity contribution in [3.05, 3.63) is 104 Å². The first kappa shape index (κ1) is 55.0. The van der Waals surface area contributed by atoms with E-state index in [0.717, 1.165) is 61.4 Å². The number of halogens is 2. The number of hydrogen-bond donors (Lipinski definition) is 4. The van der Waals surface area contributed by atoms with Crippen LogP contribution in [0.2, 0.25) is 10.0 Å². The fourth-order valence-corrected chi connectivity index (χ4v) is 14.2. The molecule has 0 aliphatic carbocycles. The first-order valence-corrected chi connectivity index (χ1v) is 29.3. The van der Waals surface area contributed by atoms with E-state index in [2.05, 4.69) is 35.1 Å². The summed E-state index contributed by atoms with van der Waals surface area (Å²) in [6, 6.07) is 20.9. The van der Waals surface area contributed by atoms with Crippen LogP contribution in [0.25, 0.3) is 0 Å². The standard InChI is InChI=1S/C26H38ClN3O3S2.C23H32ClN3O3S2/c1-2-3-4-5-6-7-17-28-23-9-8-18-30(19-16-23)35(32,33)25-15-14-24(34-25)20-29-26(31)21-10-12-22(27)13-11-21;1-2-3-4-14-25-20-6-5-15-27(16-13-20)32(29,30)22-12-11-21(31-22)17-26-23(28)18-7-9-19(24)10-8-18/h10-15,23,28H,2-9,16-20H2,1H3,(H,29,31);7-12,20,25H,2-6,13-17H2,1H3,(H,26,28). The Hall–Kier alpha value is -2.90. The summed E-state index contributed by atoms with van der Waals surface area (Å²) in [5.74, 6) is -0.434. The molecule has 0 saturated carbocycles. The molecule has 4 aromatic rings. The Labute approximate surface area is 418 Å². The maximum Gasteiger partial charge on any atom is 0.252 e. The van der Waals surface area contributed by atoms with Gasteiger partial charge in [0.15, 0.2) is 0 Å². The number of benzene rings is 2. The number of hydrogen-bond acceptors (Lipinski definition) is 10. The minimum Gasteiger partial charge on any atom is -0.347 e. The second-order valence-electron chi connectivity index (χ2n) is 17.3. The summed E-state index contributed by atoms with van der Waals surface area (Å²) < 4.78 is 56.8. The fraction of sp³-hybridized carbons (Fsp3) is 0.551. The molecule has 2 unspecified atom stereocenters. The monoisotopic (exact) mass is 1040 g/mol. The van der Waals surface area contributed by atoms with E-state index in [1.54, 1.807) is 81.4 Å². The first-order valence-electron chi connectivity index (χ1n) is 24.0. The zero-order valence-corrected chi connectivity index (χ0v) is 43.9. The molecule has 0 radical (unpaired) electrons. The van der Waals surface area contributed by atoms with Crippen LogP contribution in [0.15, 0.2) is 81.2 Å². The smallest absolute Gasteiger partial charge is 0.252 e. The van der Waals surface area contributed by atoms with Gasteiger partial charge in [-0.3, -0.25) is 9.59 Å². The van der Waals surface area contributed by atoms with Crippen LogP contribution in [-0.2, 0) is 33.1 Å². The van der Waals surface area contributed by atoms with Gasteiger partial charge in [0, 0.05) is 69.2 Å². The number of sulfonamides is 2. The van der Waals surface area contributed by atoms with Crippen molar-refractivity contribution in [2.75, 3.05) is 39.3 Å². The minimum absolute atomic E-state index is 0.216. The number of carbonyl (C=O) groups excluding carboxylic acids is 2. The largest absolute Gasteiger partial charge is 0.347 e. The number of thiophene rings is 2. The van der Waals surface area contributed by atoms with Crippen LogP contribution in [0.5, 0.6) is 0 Å². The van der Waals surface area contributed by atoms with Crippen molar-refractivity contribution in [1.82, 2.24) is 29.9 Å². The summed E-state index contributed by atoms with van der Waals surface area (Å²) in [5, 5.41) is 14.1. The van der Waals surface area contributed by atoms with Crippen LogP contribution >= 0.6 is 45.9 Å². The van der Waals surface area contributed by atoms with Gasteiger partial charge >= 0.3 is 0 Å². The fourth-order valence-electron chi connectivity index (χ4n) is 8.10. The molecule has 2 aromatic carbocycles. The van der Waals surface area contributed by atoms with Crippen LogP contribution < -0.4 is 21.3 Å². The van der Waals surface area contributed by atoms with E-state index in [9.17, 15) is 26.4 Å². The first-order chi connectivity index (χ1) is 32.3. The van der Waals surface area contributed by atoms with Gasteiger partial charge in [-0.25, -0.2) is 16.8 Å². The second-order valence-corrected chi connectivity index (χ2v) is 24.8. The number of amides is 2. The third-order valence-electron chi connectivity index (χ3n) is 12.1. The number of nitrogens with one attached hydrogen (secondary N) is 4. The molecule has 6 rings (SSSR count). The molecule has 18 heteroatoms. The zero-order chi connectivity index (χ0) is 48.1. The molecule has 67 heavy (non-hydrogen) atoms. The van der Waals surface area contributed by atoms with Gasteiger partial charge in [-0.2, -0.15) is 8.61 Å². The molecule has 2 aliphatic rings. The summed E-state index contributed by atoms with van der Waals surface area (Å²) >= 11 is 14.2. The van der Waals surface area contributed by atoms with Gasteiger partial charge in [0.25, 0.3) is 31.9 Å². The normalized spacial score (nSPS) is 17.5. The zero-order valence-electron chi connectivity index (χ0n) is 39.1. The SMILES string of the molecule is CCCCCCCCNC1CCCN(S(=O)(=O)c2ccc(CNC(=O)c3ccc(Cl)cc3)s2)CC1.CCCCCNC1CCCN(S(=O)(=O)c2ccc(CNC(=O)c3ccc(Cl)cc3)s2)CC1. The van der Waals surface area contributed by atoms with Gasteiger partial charge in [-0.05, 0) is 137 Å². The number of unbranched alkanes of at least 4 members (excludes halogenated alkanes) is 7. The molecule has 4 N–H and O–H groups in total. The third-order valence-corrected chi connectivity index (χ3v) is 19.5. The molecule has 2 aromatic heterocycles. The van der Waals surface area contributed by atoms with E-state index in [1.165, 1.54) is 80.5 Å². The van der Waals surface area contributed by atoms with Gasteiger partial charge in [-0.1, -0.05) is 82.0 Å². The van der Waals surface area contributed by atoms with Crippen molar-refractivity contribution in [3.8, 4) is 0 Å². The van der Waals surface area contributed by atoms with Crippen molar-refractivity contribution in [3.63, 3.8) is 0 Å². The number of rotatable bonds is 23. The summed E-state index contributed by atoms with van der Waals surface area (Å²) in [5.41, 5.74) is 1.03. The maximum absolute atomic E-state index is 13.3. The van der Waals surface area contributed by atoms with Crippen LogP contribution in [-0.4, -0.2) is 88.6 Å². The molecule has 12 nitrogen and oxygen atoms in total. The summed E-state index contributed by atoms with van der Waals surface area (Å²) in [7, 11) is -7.04. The van der Waals surface area contributed by atoms with Crippen molar-refractivity contribution in [2.45, 2.75) is 144 Å². The Balaban J connectivity index is 0.000000252. The summed E-state index contributed by atoms with van der Waals surface area (Å²) in [4.78, 5) is 26.2. The Morgan fingerprint density at radius 2 is 0.925 bits per heavy atom.